The van der Waals surface area contributed by atoms with E-state index in [0.717, 1.165) is 18.5 Å². The quantitative estimate of drug-likeness (QED) is 0.833. The van der Waals surface area contributed by atoms with Crippen LogP contribution in [0.25, 0.3) is 0 Å². The Bertz CT molecular complexity index is 376. The van der Waals surface area contributed by atoms with E-state index in [2.05, 4.69) is 48.9 Å². The molecule has 0 fully saturated rings. The number of benzene rings is 1. The van der Waals surface area contributed by atoms with E-state index in [-0.39, 0.29) is 11.9 Å². The maximum Gasteiger partial charge on any atom is 0.137 e. The van der Waals surface area contributed by atoms with Crippen LogP contribution >= 0.6 is 15.9 Å². The van der Waals surface area contributed by atoms with E-state index in [4.69, 9.17) is 0 Å². The van der Waals surface area contributed by atoms with Gasteiger partial charge in [-0.2, -0.15) is 0 Å². The Labute approximate surface area is 112 Å². The monoisotopic (exact) mass is 301 g/mol. The van der Waals surface area contributed by atoms with Crippen molar-refractivity contribution >= 4 is 15.9 Å². The summed E-state index contributed by atoms with van der Waals surface area (Å²) in [5, 5.41) is 3.49. The van der Waals surface area contributed by atoms with Gasteiger partial charge in [-0.1, -0.05) is 26.8 Å². The molecule has 3 heteroatoms. The molecule has 0 heterocycles. The number of hydrogen-bond acceptors (Lipinski definition) is 1. The summed E-state index contributed by atoms with van der Waals surface area (Å²) in [5.41, 5.74) is 1.40. The van der Waals surface area contributed by atoms with Gasteiger partial charge in [0.15, 0.2) is 0 Å². The summed E-state index contributed by atoms with van der Waals surface area (Å²) in [4.78, 5) is 0. The summed E-state index contributed by atoms with van der Waals surface area (Å²) in [6, 6.07) is 5.41. The molecule has 0 aliphatic rings. The molecule has 1 rings (SSSR count). The lowest BCUT2D eigenvalue weighted by Gasteiger charge is -2.26. The Morgan fingerprint density at radius 3 is 2.59 bits per heavy atom. The van der Waals surface area contributed by atoms with Gasteiger partial charge < -0.3 is 5.32 Å². The molecule has 0 aliphatic carbocycles. The summed E-state index contributed by atoms with van der Waals surface area (Å²) in [5.74, 6) is -0.213. The van der Waals surface area contributed by atoms with Crippen LogP contribution in [0, 0.1) is 11.2 Å². The highest BCUT2D eigenvalue weighted by Crippen LogP contribution is 2.23. The van der Waals surface area contributed by atoms with Crippen LogP contribution < -0.4 is 5.32 Å². The molecule has 1 nitrogen and oxygen atoms in total. The number of halogens is 2. The fourth-order valence-corrected chi connectivity index (χ4v) is 1.85. The lowest BCUT2D eigenvalue weighted by Crippen LogP contribution is -2.30. The zero-order valence-electron chi connectivity index (χ0n) is 11.0. The van der Waals surface area contributed by atoms with Crippen molar-refractivity contribution in [3.63, 3.8) is 0 Å². The molecule has 96 valence electrons. The maximum atomic E-state index is 13.1. The van der Waals surface area contributed by atoms with Crippen LogP contribution in [0.5, 0.6) is 0 Å². The van der Waals surface area contributed by atoms with Gasteiger partial charge in [-0.15, -0.1) is 0 Å². The summed E-state index contributed by atoms with van der Waals surface area (Å²) in [7, 11) is 0. The van der Waals surface area contributed by atoms with Crippen LogP contribution in [-0.4, -0.2) is 6.54 Å². The molecule has 1 aromatic carbocycles. The molecule has 1 atom stereocenters. The molecular formula is C14H21BrFN. The standard InChI is InChI=1S/C14H21BrFN/c1-5-14(3,4)9-17-10(2)11-6-7-13(16)12(15)8-11/h6-8,10,17H,5,9H2,1-4H3. The van der Waals surface area contributed by atoms with Crippen LogP contribution in [0.15, 0.2) is 22.7 Å². The van der Waals surface area contributed by atoms with Crippen molar-refractivity contribution in [2.24, 2.45) is 5.41 Å². The Hall–Kier alpha value is -0.410. The van der Waals surface area contributed by atoms with E-state index in [9.17, 15) is 4.39 Å². The summed E-state index contributed by atoms with van der Waals surface area (Å²) in [6.45, 7) is 9.74. The second kappa shape index (κ2) is 5.96. The molecule has 1 unspecified atom stereocenters. The SMILES string of the molecule is CCC(C)(C)CNC(C)c1ccc(F)c(Br)c1. The first-order chi connectivity index (χ1) is 7.85. The molecule has 0 aliphatic heterocycles. The van der Waals surface area contributed by atoms with Crippen molar-refractivity contribution in [3.05, 3.63) is 34.1 Å². The van der Waals surface area contributed by atoms with Crippen LogP contribution in [0.1, 0.15) is 45.7 Å². The summed E-state index contributed by atoms with van der Waals surface area (Å²) >= 11 is 3.22. The number of hydrogen-bond donors (Lipinski definition) is 1. The zero-order valence-corrected chi connectivity index (χ0v) is 12.6. The predicted octanol–water partition coefficient (Wildman–Crippen LogP) is 4.68. The van der Waals surface area contributed by atoms with Crippen molar-refractivity contribution in [2.75, 3.05) is 6.54 Å². The minimum Gasteiger partial charge on any atom is -0.310 e. The van der Waals surface area contributed by atoms with E-state index in [1.165, 1.54) is 6.07 Å². The average molecular weight is 302 g/mol. The van der Waals surface area contributed by atoms with Gasteiger partial charge in [0.2, 0.25) is 0 Å². The summed E-state index contributed by atoms with van der Waals surface area (Å²) < 4.78 is 13.7. The molecule has 17 heavy (non-hydrogen) atoms. The highest BCUT2D eigenvalue weighted by atomic mass is 79.9. The Balaban J connectivity index is 2.64. The predicted molar refractivity (Wildman–Crippen MR) is 74.6 cm³/mol. The van der Waals surface area contributed by atoms with Crippen molar-refractivity contribution < 1.29 is 4.39 Å². The molecular weight excluding hydrogens is 281 g/mol. The van der Waals surface area contributed by atoms with Crippen LogP contribution in [0.2, 0.25) is 0 Å². The zero-order chi connectivity index (χ0) is 13.1. The van der Waals surface area contributed by atoms with Gasteiger partial charge in [0.05, 0.1) is 4.47 Å². The van der Waals surface area contributed by atoms with Crippen molar-refractivity contribution in [1.29, 1.82) is 0 Å². The third-order valence-electron chi connectivity index (χ3n) is 3.29. The minimum absolute atomic E-state index is 0.213. The van der Waals surface area contributed by atoms with Gasteiger partial charge >= 0.3 is 0 Å². The van der Waals surface area contributed by atoms with E-state index in [1.54, 1.807) is 0 Å². The molecule has 0 amide bonds. The molecule has 1 aromatic rings. The van der Waals surface area contributed by atoms with Crippen LogP contribution in [0.4, 0.5) is 4.39 Å². The topological polar surface area (TPSA) is 12.0 Å². The fraction of sp³-hybridized carbons (Fsp3) is 0.571. The first-order valence-corrected chi connectivity index (χ1v) is 6.83. The van der Waals surface area contributed by atoms with Crippen LogP contribution in [-0.2, 0) is 0 Å². The van der Waals surface area contributed by atoms with Crippen molar-refractivity contribution in [2.45, 2.75) is 40.2 Å². The summed E-state index contributed by atoms with van der Waals surface area (Å²) in [6.07, 6.45) is 1.14. The van der Waals surface area contributed by atoms with Gasteiger partial charge in [-0.05, 0) is 52.4 Å². The normalized spacial score (nSPS) is 13.8. The van der Waals surface area contributed by atoms with Crippen molar-refractivity contribution in [3.8, 4) is 0 Å². The molecule has 0 spiro atoms. The first kappa shape index (κ1) is 14.7. The van der Waals surface area contributed by atoms with E-state index in [0.29, 0.717) is 9.89 Å². The fourth-order valence-electron chi connectivity index (χ4n) is 1.45. The second-order valence-electron chi connectivity index (χ2n) is 5.29. The van der Waals surface area contributed by atoms with E-state index >= 15 is 0 Å². The number of rotatable bonds is 5. The first-order valence-electron chi connectivity index (χ1n) is 6.04. The van der Waals surface area contributed by atoms with Gasteiger partial charge in [0.1, 0.15) is 5.82 Å². The lowest BCUT2D eigenvalue weighted by atomic mass is 9.90. The Kier molecular flexibility index (Phi) is 5.14. The molecule has 0 radical (unpaired) electrons. The molecule has 0 saturated heterocycles. The molecule has 0 aromatic heterocycles. The minimum atomic E-state index is -0.213. The molecule has 1 N–H and O–H groups in total. The van der Waals surface area contributed by atoms with Gasteiger partial charge in [-0.25, -0.2) is 4.39 Å². The average Bonchev–Trinajstić information content (AvgIpc) is 2.30. The highest BCUT2D eigenvalue weighted by molar-refractivity contribution is 9.10. The van der Waals surface area contributed by atoms with Crippen molar-refractivity contribution in [1.82, 2.24) is 5.32 Å². The largest absolute Gasteiger partial charge is 0.310 e. The Morgan fingerprint density at radius 2 is 2.06 bits per heavy atom. The highest BCUT2D eigenvalue weighted by Gasteiger charge is 2.16. The smallest absolute Gasteiger partial charge is 0.137 e. The lowest BCUT2D eigenvalue weighted by molar-refractivity contribution is 0.314. The van der Waals surface area contributed by atoms with Gasteiger partial charge in [-0.3, -0.25) is 0 Å². The molecule has 0 saturated carbocycles. The maximum absolute atomic E-state index is 13.1. The Morgan fingerprint density at radius 1 is 1.41 bits per heavy atom. The third-order valence-corrected chi connectivity index (χ3v) is 3.90. The third kappa shape index (κ3) is 4.40. The van der Waals surface area contributed by atoms with E-state index < -0.39 is 0 Å². The second-order valence-corrected chi connectivity index (χ2v) is 6.15. The van der Waals surface area contributed by atoms with E-state index in [1.807, 2.05) is 12.1 Å². The number of nitrogens with one attached hydrogen (secondary N) is 1. The van der Waals surface area contributed by atoms with Gasteiger partial charge in [0, 0.05) is 12.6 Å². The van der Waals surface area contributed by atoms with Crippen LogP contribution in [0.3, 0.4) is 0 Å². The van der Waals surface area contributed by atoms with Gasteiger partial charge in [0.25, 0.3) is 0 Å². The molecule has 0 bridgehead atoms.